The highest BCUT2D eigenvalue weighted by Crippen LogP contribution is 2.27. The molecule has 0 aliphatic heterocycles. The zero-order chi connectivity index (χ0) is 14.5. The highest BCUT2D eigenvalue weighted by Gasteiger charge is 2.33. The first-order valence-corrected chi connectivity index (χ1v) is 6.46. The van der Waals surface area contributed by atoms with Crippen LogP contribution >= 0.6 is 0 Å². The summed E-state index contributed by atoms with van der Waals surface area (Å²) >= 11 is 0. The molecule has 0 heterocycles. The summed E-state index contributed by atoms with van der Waals surface area (Å²) in [4.78, 5) is 24.0. The molecule has 0 aromatic heterocycles. The van der Waals surface area contributed by atoms with Crippen LogP contribution in [-0.4, -0.2) is 41.1 Å². The Morgan fingerprint density at radius 1 is 1.40 bits per heavy atom. The van der Waals surface area contributed by atoms with Gasteiger partial charge in [0.15, 0.2) is 0 Å². The monoisotopic (exact) mass is 281 g/mol. The molecule has 5 nitrogen and oxygen atoms in total. The van der Waals surface area contributed by atoms with Gasteiger partial charge in [-0.25, -0.2) is 4.39 Å². The smallest absolute Gasteiger partial charge is 0.323 e. The van der Waals surface area contributed by atoms with Crippen molar-refractivity contribution in [3.63, 3.8) is 0 Å². The Morgan fingerprint density at radius 3 is 2.75 bits per heavy atom. The molecule has 0 unspecified atom stereocenters. The maximum absolute atomic E-state index is 12.9. The molecule has 0 atom stereocenters. The van der Waals surface area contributed by atoms with Crippen LogP contribution in [0, 0.1) is 5.82 Å². The van der Waals surface area contributed by atoms with Gasteiger partial charge >= 0.3 is 5.97 Å². The maximum Gasteiger partial charge on any atom is 0.323 e. The summed E-state index contributed by atoms with van der Waals surface area (Å²) in [5, 5.41) is 8.78. The van der Waals surface area contributed by atoms with Gasteiger partial charge in [-0.15, -0.1) is 0 Å². The molecule has 1 N–H and O–H groups in total. The zero-order valence-electron chi connectivity index (χ0n) is 10.9. The van der Waals surface area contributed by atoms with Gasteiger partial charge in [-0.2, -0.15) is 0 Å². The summed E-state index contributed by atoms with van der Waals surface area (Å²) in [6.45, 7) is -0.172. The van der Waals surface area contributed by atoms with E-state index >= 15 is 0 Å². The number of aliphatic carboxylic acids is 1. The van der Waals surface area contributed by atoms with E-state index in [-0.39, 0.29) is 31.5 Å². The number of amides is 1. The molecule has 1 aliphatic rings. The Hall–Kier alpha value is -2.11. The van der Waals surface area contributed by atoms with Crippen molar-refractivity contribution in [2.24, 2.45) is 0 Å². The van der Waals surface area contributed by atoms with Gasteiger partial charge in [-0.3, -0.25) is 9.59 Å². The van der Waals surface area contributed by atoms with Crippen molar-refractivity contribution in [2.75, 3.05) is 13.2 Å². The molecule has 108 valence electrons. The largest absolute Gasteiger partial charge is 0.493 e. The van der Waals surface area contributed by atoms with Crippen molar-refractivity contribution in [1.29, 1.82) is 0 Å². The van der Waals surface area contributed by atoms with Crippen LogP contribution in [-0.2, 0) is 9.59 Å². The number of carboxylic acids is 1. The summed E-state index contributed by atoms with van der Waals surface area (Å²) < 4.78 is 18.2. The van der Waals surface area contributed by atoms with Crippen molar-refractivity contribution >= 4 is 11.9 Å². The number of halogens is 1. The van der Waals surface area contributed by atoms with E-state index in [1.165, 1.54) is 23.1 Å². The Bertz CT molecular complexity index is 502. The fraction of sp³-hybridized carbons (Fsp3) is 0.429. The lowest BCUT2D eigenvalue weighted by atomic mass is 10.3. The van der Waals surface area contributed by atoms with Crippen molar-refractivity contribution in [3.05, 3.63) is 30.1 Å². The van der Waals surface area contributed by atoms with Gasteiger partial charge in [0.1, 0.15) is 18.1 Å². The summed E-state index contributed by atoms with van der Waals surface area (Å²) in [5.41, 5.74) is 0. The maximum atomic E-state index is 12.9. The molecular formula is C14H16FNO4. The predicted molar refractivity (Wildman–Crippen MR) is 68.9 cm³/mol. The van der Waals surface area contributed by atoms with Crippen molar-refractivity contribution < 1.29 is 23.8 Å². The number of nitrogens with zero attached hydrogens (tertiary/aromatic N) is 1. The van der Waals surface area contributed by atoms with Gasteiger partial charge in [0, 0.05) is 12.1 Å². The molecule has 0 spiro atoms. The van der Waals surface area contributed by atoms with Crippen molar-refractivity contribution in [1.82, 2.24) is 4.90 Å². The average molecular weight is 281 g/mol. The zero-order valence-corrected chi connectivity index (χ0v) is 10.9. The third-order valence-electron chi connectivity index (χ3n) is 2.99. The topological polar surface area (TPSA) is 66.8 Å². The number of carboxylic acid groups (broad SMARTS) is 1. The summed E-state index contributed by atoms with van der Waals surface area (Å²) in [5.74, 6) is -1.31. The first-order chi connectivity index (χ1) is 9.56. The minimum Gasteiger partial charge on any atom is -0.493 e. The summed E-state index contributed by atoms with van der Waals surface area (Å²) in [7, 11) is 0. The van der Waals surface area contributed by atoms with Crippen molar-refractivity contribution in [2.45, 2.75) is 25.3 Å². The van der Waals surface area contributed by atoms with Crippen LogP contribution in [0.15, 0.2) is 24.3 Å². The van der Waals surface area contributed by atoms with Crippen LogP contribution in [0.25, 0.3) is 0 Å². The van der Waals surface area contributed by atoms with E-state index in [0.29, 0.717) is 5.75 Å². The highest BCUT2D eigenvalue weighted by atomic mass is 19.1. The van der Waals surface area contributed by atoms with Crippen LogP contribution in [0.4, 0.5) is 4.39 Å². The first-order valence-electron chi connectivity index (χ1n) is 6.46. The molecule has 1 aliphatic carbocycles. The van der Waals surface area contributed by atoms with Crippen LogP contribution in [0.3, 0.4) is 0 Å². The summed E-state index contributed by atoms with van der Waals surface area (Å²) in [6, 6.07) is 5.71. The second-order valence-electron chi connectivity index (χ2n) is 4.70. The third kappa shape index (κ3) is 4.22. The number of rotatable bonds is 7. The number of benzene rings is 1. The number of hydrogen-bond donors (Lipinski definition) is 1. The fourth-order valence-corrected chi connectivity index (χ4v) is 1.91. The molecule has 20 heavy (non-hydrogen) atoms. The van der Waals surface area contributed by atoms with Crippen LogP contribution in [0.2, 0.25) is 0 Å². The number of carbonyl (C=O) groups is 2. The van der Waals surface area contributed by atoms with E-state index in [1.54, 1.807) is 6.07 Å². The Balaban J connectivity index is 1.80. The van der Waals surface area contributed by atoms with E-state index in [2.05, 4.69) is 0 Å². The number of ether oxygens (including phenoxy) is 1. The Morgan fingerprint density at radius 2 is 2.15 bits per heavy atom. The lowest BCUT2D eigenvalue weighted by Crippen LogP contribution is -2.38. The molecule has 0 radical (unpaired) electrons. The van der Waals surface area contributed by atoms with Crippen LogP contribution in [0.1, 0.15) is 19.3 Å². The molecule has 1 aromatic carbocycles. The predicted octanol–water partition coefficient (Wildman–Crippen LogP) is 1.67. The minimum atomic E-state index is -1.02. The van der Waals surface area contributed by atoms with Gasteiger partial charge in [-0.1, -0.05) is 6.07 Å². The van der Waals surface area contributed by atoms with Gasteiger partial charge in [-0.05, 0) is 25.0 Å². The standard InChI is InChI=1S/C14H16FNO4/c15-10-2-1-3-12(8-10)20-7-6-13(17)16(9-14(18)19)11-4-5-11/h1-3,8,11H,4-7,9H2,(H,18,19). The van der Waals surface area contributed by atoms with Gasteiger partial charge < -0.3 is 14.7 Å². The minimum absolute atomic E-state index is 0.0489. The molecule has 6 heteroatoms. The fourth-order valence-electron chi connectivity index (χ4n) is 1.91. The second kappa shape index (κ2) is 6.36. The molecule has 1 saturated carbocycles. The average Bonchev–Trinajstić information content (AvgIpc) is 3.20. The van der Waals surface area contributed by atoms with E-state index in [4.69, 9.17) is 9.84 Å². The van der Waals surface area contributed by atoms with E-state index in [9.17, 15) is 14.0 Å². The summed E-state index contributed by atoms with van der Waals surface area (Å²) in [6.07, 6.45) is 1.79. The number of hydrogen-bond acceptors (Lipinski definition) is 3. The lowest BCUT2D eigenvalue weighted by molar-refractivity contribution is -0.145. The Labute approximate surface area is 116 Å². The highest BCUT2D eigenvalue weighted by molar-refractivity contribution is 5.82. The quantitative estimate of drug-likeness (QED) is 0.825. The lowest BCUT2D eigenvalue weighted by Gasteiger charge is -2.20. The van der Waals surface area contributed by atoms with E-state index in [1.807, 2.05) is 0 Å². The Kier molecular flexibility index (Phi) is 4.55. The van der Waals surface area contributed by atoms with Gasteiger partial charge in [0.05, 0.1) is 13.0 Å². The van der Waals surface area contributed by atoms with Crippen LogP contribution < -0.4 is 4.74 Å². The van der Waals surface area contributed by atoms with Crippen molar-refractivity contribution in [3.8, 4) is 5.75 Å². The van der Waals surface area contributed by atoms with Gasteiger partial charge in [0.2, 0.25) is 5.91 Å². The molecule has 2 rings (SSSR count). The van der Waals surface area contributed by atoms with E-state index < -0.39 is 11.8 Å². The molecular weight excluding hydrogens is 265 g/mol. The first kappa shape index (κ1) is 14.3. The molecule has 1 fully saturated rings. The third-order valence-corrected chi connectivity index (χ3v) is 2.99. The number of carbonyl (C=O) groups excluding carboxylic acids is 1. The molecule has 0 saturated heterocycles. The van der Waals surface area contributed by atoms with Crippen LogP contribution in [0.5, 0.6) is 5.75 Å². The normalized spacial score (nSPS) is 13.8. The SMILES string of the molecule is O=C(O)CN(C(=O)CCOc1cccc(F)c1)C1CC1. The van der Waals surface area contributed by atoms with E-state index in [0.717, 1.165) is 12.8 Å². The van der Waals surface area contributed by atoms with Gasteiger partial charge in [0.25, 0.3) is 0 Å². The molecule has 1 aromatic rings. The molecule has 0 bridgehead atoms. The second-order valence-corrected chi connectivity index (χ2v) is 4.70. The molecule has 1 amide bonds.